The summed E-state index contributed by atoms with van der Waals surface area (Å²) in [6.45, 7) is 1.33. The monoisotopic (exact) mass is 281 g/mol. The number of halogens is 1. The molecule has 0 atom stereocenters. The van der Waals surface area contributed by atoms with Gasteiger partial charge in [-0.25, -0.2) is 0 Å². The quantitative estimate of drug-likeness (QED) is 0.804. The Morgan fingerprint density at radius 2 is 2.19 bits per heavy atom. The van der Waals surface area contributed by atoms with Crippen molar-refractivity contribution in [1.82, 2.24) is 4.90 Å². The lowest BCUT2D eigenvalue weighted by Gasteiger charge is -2.23. The summed E-state index contributed by atoms with van der Waals surface area (Å²) >= 11 is 3.29. The standard InChI is InChI=1S/C12H12BrNO2/c13-9-4-5-11(15)10(8-9)12(16)14-6-2-1-3-7-14/h1-2,4-5,8,15H,3,6-7H2. The topological polar surface area (TPSA) is 40.5 Å². The number of nitrogens with zero attached hydrogens (tertiary/aromatic N) is 1. The van der Waals surface area contributed by atoms with E-state index in [1.165, 1.54) is 6.07 Å². The van der Waals surface area contributed by atoms with Crippen molar-refractivity contribution in [2.75, 3.05) is 13.1 Å². The van der Waals surface area contributed by atoms with Gasteiger partial charge in [-0.15, -0.1) is 0 Å². The minimum absolute atomic E-state index is 0.0303. The predicted octanol–water partition coefficient (Wildman–Crippen LogP) is 2.56. The van der Waals surface area contributed by atoms with Crippen molar-refractivity contribution in [3.63, 3.8) is 0 Å². The average molecular weight is 282 g/mol. The molecule has 0 unspecified atom stereocenters. The first kappa shape index (κ1) is 11.2. The normalized spacial score (nSPS) is 15.2. The van der Waals surface area contributed by atoms with E-state index in [0.29, 0.717) is 18.7 Å². The number of phenolic OH excluding ortho intramolecular Hbond substituents is 1. The number of carbonyl (C=O) groups is 1. The van der Waals surface area contributed by atoms with Gasteiger partial charge in [-0.2, -0.15) is 0 Å². The summed E-state index contributed by atoms with van der Waals surface area (Å²) in [5.41, 5.74) is 0.352. The summed E-state index contributed by atoms with van der Waals surface area (Å²) < 4.78 is 0.793. The van der Waals surface area contributed by atoms with Crippen molar-refractivity contribution in [1.29, 1.82) is 0 Å². The van der Waals surface area contributed by atoms with Crippen LogP contribution in [0.5, 0.6) is 5.75 Å². The van der Waals surface area contributed by atoms with Crippen LogP contribution in [0.15, 0.2) is 34.8 Å². The van der Waals surface area contributed by atoms with Gasteiger partial charge in [-0.05, 0) is 24.6 Å². The predicted molar refractivity (Wildman–Crippen MR) is 65.5 cm³/mol. The van der Waals surface area contributed by atoms with Gasteiger partial charge in [0.15, 0.2) is 0 Å². The summed E-state index contributed by atoms with van der Waals surface area (Å²) in [5, 5.41) is 9.65. The van der Waals surface area contributed by atoms with Gasteiger partial charge in [0.05, 0.1) is 5.56 Å². The Morgan fingerprint density at radius 1 is 1.38 bits per heavy atom. The zero-order valence-corrected chi connectivity index (χ0v) is 10.3. The largest absolute Gasteiger partial charge is 0.507 e. The highest BCUT2D eigenvalue weighted by Crippen LogP contribution is 2.23. The smallest absolute Gasteiger partial charge is 0.257 e. The van der Waals surface area contributed by atoms with Crippen LogP contribution in [0.3, 0.4) is 0 Å². The van der Waals surface area contributed by atoms with E-state index in [-0.39, 0.29) is 11.7 Å². The molecule has 1 aliphatic heterocycles. The molecule has 1 N–H and O–H groups in total. The average Bonchev–Trinajstić information content (AvgIpc) is 2.32. The lowest BCUT2D eigenvalue weighted by molar-refractivity contribution is 0.0768. The fraction of sp³-hybridized carbons (Fsp3) is 0.250. The molecule has 84 valence electrons. The molecule has 16 heavy (non-hydrogen) atoms. The summed E-state index contributed by atoms with van der Waals surface area (Å²) in [7, 11) is 0. The fourth-order valence-electron chi connectivity index (χ4n) is 1.68. The second-order valence-electron chi connectivity index (χ2n) is 3.67. The van der Waals surface area contributed by atoms with Crippen LogP contribution in [0.2, 0.25) is 0 Å². The van der Waals surface area contributed by atoms with Gasteiger partial charge in [0.1, 0.15) is 5.75 Å². The zero-order valence-electron chi connectivity index (χ0n) is 8.69. The van der Waals surface area contributed by atoms with Gasteiger partial charge < -0.3 is 10.0 Å². The molecule has 1 amide bonds. The van der Waals surface area contributed by atoms with Crippen LogP contribution in [-0.4, -0.2) is 29.0 Å². The summed E-state index contributed by atoms with van der Waals surface area (Å²) in [6, 6.07) is 4.88. The summed E-state index contributed by atoms with van der Waals surface area (Å²) in [6.07, 6.45) is 4.90. The Bertz CT molecular complexity index is 443. The number of amides is 1. The first-order valence-electron chi connectivity index (χ1n) is 5.11. The summed E-state index contributed by atoms with van der Waals surface area (Å²) in [4.78, 5) is 13.8. The minimum Gasteiger partial charge on any atom is -0.507 e. The van der Waals surface area contributed by atoms with Crippen molar-refractivity contribution in [3.05, 3.63) is 40.4 Å². The molecule has 0 radical (unpaired) electrons. The van der Waals surface area contributed by atoms with E-state index in [4.69, 9.17) is 0 Å². The first-order chi connectivity index (χ1) is 7.68. The van der Waals surface area contributed by atoms with Gasteiger partial charge in [-0.3, -0.25) is 4.79 Å². The third-order valence-corrected chi connectivity index (χ3v) is 3.03. The number of aromatic hydroxyl groups is 1. The molecule has 0 aromatic heterocycles. The molecule has 0 saturated heterocycles. The maximum Gasteiger partial charge on any atom is 0.257 e. The van der Waals surface area contributed by atoms with Crippen LogP contribution in [0, 0.1) is 0 Å². The minimum atomic E-state index is -0.122. The van der Waals surface area contributed by atoms with Gasteiger partial charge in [-0.1, -0.05) is 28.1 Å². The Hall–Kier alpha value is -1.29. The van der Waals surface area contributed by atoms with E-state index >= 15 is 0 Å². The molecule has 0 spiro atoms. The van der Waals surface area contributed by atoms with Crippen LogP contribution < -0.4 is 0 Å². The number of hydrogen-bond acceptors (Lipinski definition) is 2. The van der Waals surface area contributed by atoms with E-state index in [1.807, 2.05) is 6.08 Å². The maximum atomic E-state index is 12.1. The first-order valence-corrected chi connectivity index (χ1v) is 5.90. The third-order valence-electron chi connectivity index (χ3n) is 2.53. The fourth-order valence-corrected chi connectivity index (χ4v) is 2.04. The Morgan fingerprint density at radius 3 is 2.88 bits per heavy atom. The second kappa shape index (κ2) is 4.70. The molecule has 1 heterocycles. The van der Waals surface area contributed by atoms with E-state index in [9.17, 15) is 9.90 Å². The summed E-state index contributed by atoms with van der Waals surface area (Å²) in [5.74, 6) is -0.0918. The van der Waals surface area contributed by atoms with Crippen LogP contribution in [-0.2, 0) is 0 Å². The SMILES string of the molecule is O=C(c1cc(Br)ccc1O)N1CC=CCC1. The van der Waals surface area contributed by atoms with Crippen LogP contribution >= 0.6 is 15.9 Å². The number of carbonyl (C=O) groups excluding carboxylic acids is 1. The van der Waals surface area contributed by atoms with Crippen molar-refractivity contribution in [2.45, 2.75) is 6.42 Å². The van der Waals surface area contributed by atoms with Crippen LogP contribution in [0.25, 0.3) is 0 Å². The van der Waals surface area contributed by atoms with E-state index < -0.39 is 0 Å². The highest BCUT2D eigenvalue weighted by molar-refractivity contribution is 9.10. The molecular weight excluding hydrogens is 270 g/mol. The molecule has 3 nitrogen and oxygen atoms in total. The molecule has 0 fully saturated rings. The van der Waals surface area contributed by atoms with E-state index in [1.54, 1.807) is 17.0 Å². The molecular formula is C12H12BrNO2. The van der Waals surface area contributed by atoms with Crippen LogP contribution in [0.4, 0.5) is 0 Å². The molecule has 0 bridgehead atoms. The maximum absolute atomic E-state index is 12.1. The number of rotatable bonds is 1. The third kappa shape index (κ3) is 2.27. The van der Waals surface area contributed by atoms with Crippen molar-refractivity contribution >= 4 is 21.8 Å². The van der Waals surface area contributed by atoms with Crippen molar-refractivity contribution < 1.29 is 9.90 Å². The molecule has 2 rings (SSSR count). The van der Waals surface area contributed by atoms with E-state index in [2.05, 4.69) is 22.0 Å². The number of hydrogen-bond donors (Lipinski definition) is 1. The van der Waals surface area contributed by atoms with Gasteiger partial charge >= 0.3 is 0 Å². The Kier molecular flexibility index (Phi) is 3.29. The number of benzene rings is 1. The van der Waals surface area contributed by atoms with Crippen LogP contribution in [0.1, 0.15) is 16.8 Å². The van der Waals surface area contributed by atoms with Crippen molar-refractivity contribution in [3.8, 4) is 5.75 Å². The highest BCUT2D eigenvalue weighted by atomic mass is 79.9. The zero-order chi connectivity index (χ0) is 11.5. The Balaban J connectivity index is 2.26. The second-order valence-corrected chi connectivity index (χ2v) is 4.59. The molecule has 1 aromatic carbocycles. The lowest BCUT2D eigenvalue weighted by Crippen LogP contribution is -2.33. The molecule has 1 aliphatic rings. The van der Waals surface area contributed by atoms with E-state index in [0.717, 1.165) is 10.9 Å². The molecule has 1 aromatic rings. The lowest BCUT2D eigenvalue weighted by atomic mass is 10.1. The molecule has 0 aliphatic carbocycles. The van der Waals surface area contributed by atoms with Gasteiger partial charge in [0.25, 0.3) is 5.91 Å². The Labute approximate surface area is 103 Å². The molecule has 0 saturated carbocycles. The van der Waals surface area contributed by atoms with Gasteiger partial charge in [0.2, 0.25) is 0 Å². The van der Waals surface area contributed by atoms with Gasteiger partial charge in [0, 0.05) is 17.6 Å². The highest BCUT2D eigenvalue weighted by Gasteiger charge is 2.19. The van der Waals surface area contributed by atoms with Crippen molar-refractivity contribution in [2.24, 2.45) is 0 Å². The molecule has 4 heteroatoms. The number of phenols is 1.